The molecule has 1 amide bonds. The van der Waals surface area contributed by atoms with Crippen LogP contribution in [0, 0.1) is 0 Å². The number of hydrogen-bond donors (Lipinski definition) is 2. The van der Waals surface area contributed by atoms with Gasteiger partial charge in [0.25, 0.3) is 5.91 Å². The monoisotopic (exact) mass is 334 g/mol. The minimum atomic E-state index is -0.319. The minimum Gasteiger partial charge on any atom is -0.495 e. The highest BCUT2D eigenvalue weighted by Gasteiger charge is 2.27. The van der Waals surface area contributed by atoms with Gasteiger partial charge in [0.2, 0.25) is 0 Å². The Morgan fingerprint density at radius 1 is 1.56 bits per heavy atom. The van der Waals surface area contributed by atoms with Crippen LogP contribution in [0.1, 0.15) is 36.4 Å². The lowest BCUT2D eigenvalue weighted by Gasteiger charge is -2.31. The molecule has 0 aliphatic heterocycles. The summed E-state index contributed by atoms with van der Waals surface area (Å²) in [6, 6.07) is 1.73. The summed E-state index contributed by atoms with van der Waals surface area (Å²) in [6.07, 6.45) is 1.63. The van der Waals surface area contributed by atoms with Crippen molar-refractivity contribution in [3.8, 4) is 5.75 Å². The number of rotatable bonds is 6. The van der Waals surface area contributed by atoms with Crippen LogP contribution in [0.2, 0.25) is 0 Å². The lowest BCUT2D eigenvalue weighted by molar-refractivity contribution is 0.0899. The highest BCUT2D eigenvalue weighted by atomic mass is 79.9. The second-order valence-electron chi connectivity index (χ2n) is 4.10. The highest BCUT2D eigenvalue weighted by Crippen LogP contribution is 2.34. The van der Waals surface area contributed by atoms with Crippen molar-refractivity contribution in [2.75, 3.05) is 13.7 Å². The van der Waals surface area contributed by atoms with Crippen molar-refractivity contribution in [2.24, 2.45) is 5.73 Å². The van der Waals surface area contributed by atoms with Gasteiger partial charge in [-0.3, -0.25) is 4.79 Å². The molecule has 0 bridgehead atoms. The van der Waals surface area contributed by atoms with Crippen LogP contribution in [0.25, 0.3) is 0 Å². The first kappa shape index (κ1) is 15.5. The van der Waals surface area contributed by atoms with E-state index in [2.05, 4.69) is 21.2 Å². The van der Waals surface area contributed by atoms with Crippen LogP contribution in [0.4, 0.5) is 0 Å². The van der Waals surface area contributed by atoms with E-state index in [4.69, 9.17) is 10.5 Å². The number of hydrogen-bond acceptors (Lipinski definition) is 4. The van der Waals surface area contributed by atoms with E-state index in [1.54, 1.807) is 13.2 Å². The van der Waals surface area contributed by atoms with Gasteiger partial charge in [-0.25, -0.2) is 0 Å². The fraction of sp³-hybridized carbons (Fsp3) is 0.583. The number of carbonyl (C=O) groups excluding carboxylic acids is 1. The third kappa shape index (κ3) is 3.24. The number of carbonyl (C=O) groups is 1. The fourth-order valence-electron chi connectivity index (χ4n) is 1.67. The topological polar surface area (TPSA) is 64.3 Å². The second-order valence-corrected chi connectivity index (χ2v) is 6.47. The van der Waals surface area contributed by atoms with Gasteiger partial charge in [0.05, 0.1) is 17.5 Å². The molecule has 0 saturated carbocycles. The summed E-state index contributed by atoms with van der Waals surface area (Å²) >= 11 is 4.72. The third-order valence-electron chi connectivity index (χ3n) is 3.22. The average Bonchev–Trinajstić information content (AvgIpc) is 2.77. The molecular formula is C12H19BrN2O2S. The Morgan fingerprint density at radius 3 is 2.56 bits per heavy atom. The SMILES string of the molecule is CCC(CC)(CN)NC(=O)c1cc(OC)c(Br)s1. The van der Waals surface area contributed by atoms with Crippen molar-refractivity contribution >= 4 is 33.2 Å². The van der Waals surface area contributed by atoms with Crippen molar-refractivity contribution in [2.45, 2.75) is 32.2 Å². The molecule has 1 aromatic heterocycles. The Hall–Kier alpha value is -0.590. The van der Waals surface area contributed by atoms with Crippen molar-refractivity contribution in [1.29, 1.82) is 0 Å². The predicted molar refractivity (Wildman–Crippen MR) is 78.4 cm³/mol. The number of nitrogens with two attached hydrogens (primary N) is 1. The van der Waals surface area contributed by atoms with E-state index < -0.39 is 0 Å². The van der Waals surface area contributed by atoms with Crippen LogP contribution >= 0.6 is 27.3 Å². The highest BCUT2D eigenvalue weighted by molar-refractivity contribution is 9.11. The van der Waals surface area contributed by atoms with Crippen LogP contribution in [0.5, 0.6) is 5.75 Å². The van der Waals surface area contributed by atoms with E-state index in [-0.39, 0.29) is 11.4 Å². The lowest BCUT2D eigenvalue weighted by Crippen LogP contribution is -2.52. The molecule has 18 heavy (non-hydrogen) atoms. The normalized spacial score (nSPS) is 11.4. The van der Waals surface area contributed by atoms with E-state index >= 15 is 0 Å². The molecule has 0 spiro atoms. The molecular weight excluding hydrogens is 316 g/mol. The molecule has 4 nitrogen and oxygen atoms in total. The number of nitrogens with one attached hydrogen (secondary N) is 1. The summed E-state index contributed by atoms with van der Waals surface area (Å²) in [5.41, 5.74) is 5.45. The van der Waals surface area contributed by atoms with Gasteiger partial charge < -0.3 is 15.8 Å². The first-order valence-corrected chi connectivity index (χ1v) is 7.48. The summed E-state index contributed by atoms with van der Waals surface area (Å²) in [5.74, 6) is 0.578. The van der Waals surface area contributed by atoms with Crippen LogP contribution in [0.15, 0.2) is 9.85 Å². The Labute approximate surface area is 120 Å². The first-order valence-electron chi connectivity index (χ1n) is 5.87. The molecule has 1 heterocycles. The Bertz CT molecular complexity index is 408. The first-order chi connectivity index (χ1) is 8.51. The van der Waals surface area contributed by atoms with Crippen LogP contribution in [-0.2, 0) is 0 Å². The van der Waals surface area contributed by atoms with Gasteiger partial charge in [-0.2, -0.15) is 0 Å². The predicted octanol–water partition coefficient (Wildman–Crippen LogP) is 2.77. The minimum absolute atomic E-state index is 0.0989. The van der Waals surface area contributed by atoms with E-state index in [0.717, 1.165) is 16.6 Å². The molecule has 6 heteroatoms. The molecule has 102 valence electrons. The summed E-state index contributed by atoms with van der Waals surface area (Å²) in [6.45, 7) is 4.50. The molecule has 1 aromatic rings. The molecule has 3 N–H and O–H groups in total. The third-order valence-corrected chi connectivity index (χ3v) is 5.00. The van der Waals surface area contributed by atoms with Gasteiger partial charge in [0.15, 0.2) is 0 Å². The average molecular weight is 335 g/mol. The van der Waals surface area contributed by atoms with Gasteiger partial charge in [-0.05, 0) is 28.8 Å². The van der Waals surface area contributed by atoms with Gasteiger partial charge in [-0.15, -0.1) is 11.3 Å². The maximum absolute atomic E-state index is 12.2. The molecule has 0 aromatic carbocycles. The van der Waals surface area contributed by atoms with Gasteiger partial charge in [0, 0.05) is 12.6 Å². The van der Waals surface area contributed by atoms with Crippen molar-refractivity contribution in [3.63, 3.8) is 0 Å². The van der Waals surface area contributed by atoms with E-state index in [1.807, 2.05) is 13.8 Å². The van der Waals surface area contributed by atoms with Crippen molar-refractivity contribution < 1.29 is 9.53 Å². The summed E-state index contributed by atoms with van der Waals surface area (Å²) < 4.78 is 5.96. The number of amides is 1. The molecule has 0 aliphatic carbocycles. The van der Waals surface area contributed by atoms with Gasteiger partial charge in [-0.1, -0.05) is 13.8 Å². The van der Waals surface area contributed by atoms with E-state index in [1.165, 1.54) is 11.3 Å². The maximum atomic E-state index is 12.2. The maximum Gasteiger partial charge on any atom is 0.262 e. The van der Waals surface area contributed by atoms with Gasteiger partial charge >= 0.3 is 0 Å². The number of halogens is 1. The van der Waals surface area contributed by atoms with Crippen molar-refractivity contribution in [3.05, 3.63) is 14.7 Å². The molecule has 0 atom stereocenters. The van der Waals surface area contributed by atoms with Crippen LogP contribution in [-0.4, -0.2) is 25.1 Å². The second kappa shape index (κ2) is 6.54. The van der Waals surface area contributed by atoms with Crippen LogP contribution in [0.3, 0.4) is 0 Å². The molecule has 1 rings (SSSR count). The summed E-state index contributed by atoms with van der Waals surface area (Å²) in [7, 11) is 1.58. The Morgan fingerprint density at radius 2 is 2.17 bits per heavy atom. The molecule has 0 radical (unpaired) electrons. The fourth-order valence-corrected chi connectivity index (χ4v) is 3.22. The standard InChI is InChI=1S/C12H19BrN2O2S/c1-4-12(5-2,7-14)15-11(16)9-6-8(17-3)10(13)18-9/h6H,4-5,7,14H2,1-3H3,(H,15,16). The summed E-state index contributed by atoms with van der Waals surface area (Å²) in [5, 5.41) is 3.03. The Kier molecular flexibility index (Phi) is 5.62. The summed E-state index contributed by atoms with van der Waals surface area (Å²) in [4.78, 5) is 12.8. The zero-order chi connectivity index (χ0) is 13.8. The van der Waals surface area contributed by atoms with Crippen LogP contribution < -0.4 is 15.8 Å². The van der Waals surface area contributed by atoms with Gasteiger partial charge in [0.1, 0.15) is 9.54 Å². The van der Waals surface area contributed by atoms with Crippen molar-refractivity contribution in [1.82, 2.24) is 5.32 Å². The number of methoxy groups -OCH3 is 1. The zero-order valence-corrected chi connectivity index (χ0v) is 13.3. The Balaban J connectivity index is 2.87. The lowest BCUT2D eigenvalue weighted by atomic mass is 9.93. The number of thiophene rings is 1. The molecule has 0 saturated heterocycles. The molecule has 0 fully saturated rings. The smallest absolute Gasteiger partial charge is 0.262 e. The van der Waals surface area contributed by atoms with E-state index in [9.17, 15) is 4.79 Å². The van der Waals surface area contributed by atoms with E-state index in [0.29, 0.717) is 17.2 Å². The molecule has 0 aliphatic rings. The zero-order valence-electron chi connectivity index (χ0n) is 10.9. The quantitative estimate of drug-likeness (QED) is 0.840. The number of ether oxygens (including phenoxy) is 1. The molecule has 0 unspecified atom stereocenters. The largest absolute Gasteiger partial charge is 0.495 e.